The van der Waals surface area contributed by atoms with E-state index in [9.17, 15) is 0 Å². The lowest BCUT2D eigenvalue weighted by Gasteiger charge is -2.05. The number of hydrogen-bond acceptors (Lipinski definition) is 2. The number of benzene rings is 1. The number of H-pyrrole nitrogens is 1. The van der Waals surface area contributed by atoms with Gasteiger partial charge in [0.15, 0.2) is 0 Å². The SMILES string of the molecule is Cc1ccc(-c2cnc(CNCC(C)C)[nH]2)cc1C. The molecule has 0 atom stereocenters. The Bertz CT molecular complexity index is 541. The van der Waals surface area contributed by atoms with Crippen LogP contribution in [0.25, 0.3) is 11.3 Å². The van der Waals surface area contributed by atoms with Crippen LogP contribution in [0, 0.1) is 19.8 Å². The van der Waals surface area contributed by atoms with E-state index in [0.717, 1.165) is 24.6 Å². The molecule has 1 aromatic carbocycles. The molecule has 1 heterocycles. The van der Waals surface area contributed by atoms with Crippen LogP contribution in [0.2, 0.25) is 0 Å². The normalized spacial score (nSPS) is 11.2. The van der Waals surface area contributed by atoms with Crippen molar-refractivity contribution in [1.82, 2.24) is 15.3 Å². The molecular formula is C16H23N3. The first kappa shape index (κ1) is 13.8. The van der Waals surface area contributed by atoms with Gasteiger partial charge in [-0.25, -0.2) is 4.98 Å². The summed E-state index contributed by atoms with van der Waals surface area (Å²) in [6, 6.07) is 6.50. The summed E-state index contributed by atoms with van der Waals surface area (Å²) in [6.07, 6.45) is 1.91. The molecule has 0 saturated carbocycles. The third-order valence-electron chi connectivity index (χ3n) is 3.29. The van der Waals surface area contributed by atoms with E-state index in [4.69, 9.17) is 0 Å². The summed E-state index contributed by atoms with van der Waals surface area (Å²) in [5, 5.41) is 3.39. The zero-order chi connectivity index (χ0) is 13.8. The topological polar surface area (TPSA) is 40.7 Å². The van der Waals surface area contributed by atoms with Crippen molar-refractivity contribution >= 4 is 0 Å². The molecule has 3 nitrogen and oxygen atoms in total. The minimum absolute atomic E-state index is 0.661. The van der Waals surface area contributed by atoms with E-state index in [1.165, 1.54) is 16.7 Å². The van der Waals surface area contributed by atoms with E-state index in [1.54, 1.807) is 0 Å². The molecule has 0 fully saturated rings. The summed E-state index contributed by atoms with van der Waals surface area (Å²) >= 11 is 0. The number of aryl methyl sites for hydroxylation is 2. The third-order valence-corrected chi connectivity index (χ3v) is 3.29. The van der Waals surface area contributed by atoms with Gasteiger partial charge in [0.05, 0.1) is 18.4 Å². The van der Waals surface area contributed by atoms with Crippen molar-refractivity contribution in [2.24, 2.45) is 5.92 Å². The lowest BCUT2D eigenvalue weighted by Crippen LogP contribution is -2.19. The smallest absolute Gasteiger partial charge is 0.120 e. The standard InChI is InChI=1S/C16H23N3/c1-11(2)8-17-10-16-18-9-15(19-16)14-6-5-12(3)13(4)7-14/h5-7,9,11,17H,8,10H2,1-4H3,(H,18,19). The Morgan fingerprint density at radius 3 is 2.68 bits per heavy atom. The van der Waals surface area contributed by atoms with Crippen molar-refractivity contribution in [3.05, 3.63) is 41.3 Å². The van der Waals surface area contributed by atoms with Gasteiger partial charge in [0, 0.05) is 0 Å². The van der Waals surface area contributed by atoms with Gasteiger partial charge in [0.25, 0.3) is 0 Å². The Balaban J connectivity index is 2.05. The summed E-state index contributed by atoms with van der Waals surface area (Å²) in [4.78, 5) is 7.80. The second kappa shape index (κ2) is 6.02. The van der Waals surface area contributed by atoms with E-state index in [1.807, 2.05) is 6.20 Å². The molecule has 102 valence electrons. The maximum Gasteiger partial charge on any atom is 0.120 e. The van der Waals surface area contributed by atoms with Crippen LogP contribution in [0.1, 0.15) is 30.8 Å². The Morgan fingerprint density at radius 2 is 2.00 bits per heavy atom. The second-order valence-corrected chi connectivity index (χ2v) is 5.57. The van der Waals surface area contributed by atoms with Gasteiger partial charge in [-0.3, -0.25) is 0 Å². The average Bonchev–Trinajstić information content (AvgIpc) is 2.81. The molecule has 19 heavy (non-hydrogen) atoms. The van der Waals surface area contributed by atoms with Gasteiger partial charge in [-0.05, 0) is 49.1 Å². The number of aromatic amines is 1. The average molecular weight is 257 g/mol. The monoisotopic (exact) mass is 257 g/mol. The van der Waals surface area contributed by atoms with E-state index >= 15 is 0 Å². The highest BCUT2D eigenvalue weighted by atomic mass is 15.0. The van der Waals surface area contributed by atoms with E-state index in [0.29, 0.717) is 5.92 Å². The number of aromatic nitrogens is 2. The predicted octanol–water partition coefficient (Wildman–Crippen LogP) is 3.44. The second-order valence-electron chi connectivity index (χ2n) is 5.57. The summed E-state index contributed by atoms with van der Waals surface area (Å²) in [5.41, 5.74) is 4.92. The molecule has 2 N–H and O–H groups in total. The zero-order valence-electron chi connectivity index (χ0n) is 12.2. The Kier molecular flexibility index (Phi) is 4.38. The number of imidazole rings is 1. The minimum atomic E-state index is 0.661. The number of rotatable bonds is 5. The minimum Gasteiger partial charge on any atom is -0.341 e. The number of nitrogens with zero attached hydrogens (tertiary/aromatic N) is 1. The molecule has 0 bridgehead atoms. The third kappa shape index (κ3) is 3.67. The van der Waals surface area contributed by atoms with Gasteiger partial charge in [0.2, 0.25) is 0 Å². The molecule has 3 heteroatoms. The zero-order valence-corrected chi connectivity index (χ0v) is 12.2. The lowest BCUT2D eigenvalue weighted by molar-refractivity contribution is 0.545. The molecule has 0 amide bonds. The maximum atomic E-state index is 4.42. The highest BCUT2D eigenvalue weighted by Gasteiger charge is 2.04. The van der Waals surface area contributed by atoms with Crippen molar-refractivity contribution in [2.45, 2.75) is 34.2 Å². The van der Waals surface area contributed by atoms with Gasteiger partial charge < -0.3 is 10.3 Å². The summed E-state index contributed by atoms with van der Waals surface area (Å²) in [6.45, 7) is 10.5. The molecule has 0 aliphatic rings. The van der Waals surface area contributed by atoms with Gasteiger partial charge >= 0.3 is 0 Å². The van der Waals surface area contributed by atoms with Gasteiger partial charge in [-0.15, -0.1) is 0 Å². The fourth-order valence-electron chi connectivity index (χ4n) is 1.99. The molecule has 0 aliphatic heterocycles. The molecular weight excluding hydrogens is 234 g/mol. The fraction of sp³-hybridized carbons (Fsp3) is 0.438. The van der Waals surface area contributed by atoms with Crippen LogP contribution in [0.15, 0.2) is 24.4 Å². The quantitative estimate of drug-likeness (QED) is 0.861. The molecule has 2 rings (SSSR count). The van der Waals surface area contributed by atoms with Gasteiger partial charge in [0.1, 0.15) is 5.82 Å². The van der Waals surface area contributed by atoms with Crippen LogP contribution >= 0.6 is 0 Å². The molecule has 0 aliphatic carbocycles. The number of hydrogen-bond donors (Lipinski definition) is 2. The molecule has 1 aromatic heterocycles. The van der Waals surface area contributed by atoms with Gasteiger partial charge in [-0.2, -0.15) is 0 Å². The molecule has 0 saturated heterocycles. The highest BCUT2D eigenvalue weighted by molar-refractivity contribution is 5.60. The molecule has 0 radical (unpaired) electrons. The van der Waals surface area contributed by atoms with Crippen molar-refractivity contribution in [3.8, 4) is 11.3 Å². The summed E-state index contributed by atoms with van der Waals surface area (Å²) < 4.78 is 0. The lowest BCUT2D eigenvalue weighted by atomic mass is 10.1. The molecule has 0 unspecified atom stereocenters. The molecule has 0 spiro atoms. The van der Waals surface area contributed by atoms with Crippen LogP contribution in [0.4, 0.5) is 0 Å². The van der Waals surface area contributed by atoms with Crippen molar-refractivity contribution in [1.29, 1.82) is 0 Å². The van der Waals surface area contributed by atoms with Crippen LogP contribution in [0.3, 0.4) is 0 Å². The highest BCUT2D eigenvalue weighted by Crippen LogP contribution is 2.20. The van der Waals surface area contributed by atoms with Crippen molar-refractivity contribution in [2.75, 3.05) is 6.54 Å². The first-order valence-electron chi connectivity index (χ1n) is 6.88. The van der Waals surface area contributed by atoms with Crippen molar-refractivity contribution in [3.63, 3.8) is 0 Å². The van der Waals surface area contributed by atoms with E-state index in [2.05, 4.69) is 61.2 Å². The Morgan fingerprint density at radius 1 is 1.21 bits per heavy atom. The molecule has 2 aromatic rings. The first-order chi connectivity index (χ1) is 9.06. The maximum absolute atomic E-state index is 4.42. The van der Waals surface area contributed by atoms with Crippen LogP contribution in [0.5, 0.6) is 0 Å². The van der Waals surface area contributed by atoms with Crippen LogP contribution < -0.4 is 5.32 Å². The predicted molar refractivity (Wildman–Crippen MR) is 80.0 cm³/mol. The van der Waals surface area contributed by atoms with E-state index < -0.39 is 0 Å². The first-order valence-corrected chi connectivity index (χ1v) is 6.88. The van der Waals surface area contributed by atoms with Crippen LogP contribution in [-0.2, 0) is 6.54 Å². The summed E-state index contributed by atoms with van der Waals surface area (Å²) in [5.74, 6) is 1.66. The van der Waals surface area contributed by atoms with Crippen molar-refractivity contribution < 1.29 is 0 Å². The number of nitrogens with one attached hydrogen (secondary N) is 2. The fourth-order valence-corrected chi connectivity index (χ4v) is 1.99. The van der Waals surface area contributed by atoms with Crippen LogP contribution in [-0.4, -0.2) is 16.5 Å². The van der Waals surface area contributed by atoms with E-state index in [-0.39, 0.29) is 0 Å². The Hall–Kier alpha value is -1.61. The van der Waals surface area contributed by atoms with Gasteiger partial charge in [-0.1, -0.05) is 26.0 Å². The Labute approximate surface area is 115 Å². The largest absolute Gasteiger partial charge is 0.341 e. The summed E-state index contributed by atoms with van der Waals surface area (Å²) in [7, 11) is 0.